The molecule has 2 aromatic rings. The molecular formula is C26H36N4O5S. The molecule has 1 heterocycles. The summed E-state index contributed by atoms with van der Waals surface area (Å²) in [7, 11) is -3.98. The Kier molecular flexibility index (Phi) is 9.10. The Bertz CT molecular complexity index is 1190. The molecule has 0 bridgehead atoms. The first-order valence-corrected chi connectivity index (χ1v) is 13.7. The van der Waals surface area contributed by atoms with Gasteiger partial charge in [-0.05, 0) is 61.2 Å². The Morgan fingerprint density at radius 2 is 1.89 bits per heavy atom. The van der Waals surface area contributed by atoms with Crippen molar-refractivity contribution in [3.63, 3.8) is 0 Å². The molecule has 10 heteroatoms. The number of hydrogen-bond donors (Lipinski definition) is 3. The van der Waals surface area contributed by atoms with Crippen molar-refractivity contribution in [1.82, 2.24) is 14.9 Å². The fourth-order valence-corrected chi connectivity index (χ4v) is 5.83. The predicted octanol–water partition coefficient (Wildman–Crippen LogP) is 2.71. The van der Waals surface area contributed by atoms with Gasteiger partial charge in [0.25, 0.3) is 5.91 Å². The van der Waals surface area contributed by atoms with Crippen molar-refractivity contribution in [1.29, 1.82) is 0 Å². The molecule has 0 aromatic heterocycles. The topological polar surface area (TPSA) is 131 Å². The third-order valence-corrected chi connectivity index (χ3v) is 8.29. The molecule has 0 aliphatic carbocycles. The number of ether oxygens (including phenoxy) is 1. The number of benzene rings is 2. The second kappa shape index (κ2) is 11.9. The number of nitrogens with one attached hydrogen (secondary N) is 2. The van der Waals surface area contributed by atoms with E-state index in [0.29, 0.717) is 31.3 Å². The van der Waals surface area contributed by atoms with Crippen LogP contribution < -0.4 is 21.1 Å². The van der Waals surface area contributed by atoms with Gasteiger partial charge in [-0.1, -0.05) is 26.3 Å². The number of sulfonamides is 1. The maximum atomic E-state index is 13.9. The number of aryl methyl sites for hydroxylation is 2. The van der Waals surface area contributed by atoms with Crippen LogP contribution >= 0.6 is 0 Å². The van der Waals surface area contributed by atoms with Crippen LogP contribution in [0.15, 0.2) is 41.3 Å². The summed E-state index contributed by atoms with van der Waals surface area (Å²) in [5.41, 5.74) is 7.26. The van der Waals surface area contributed by atoms with E-state index in [4.69, 9.17) is 10.5 Å². The Morgan fingerprint density at radius 1 is 1.19 bits per heavy atom. The van der Waals surface area contributed by atoms with E-state index in [1.54, 1.807) is 0 Å². The minimum atomic E-state index is -3.98. The van der Waals surface area contributed by atoms with Crippen molar-refractivity contribution < 1.29 is 22.7 Å². The molecule has 2 atom stereocenters. The molecule has 1 saturated heterocycles. The quantitative estimate of drug-likeness (QED) is 0.445. The predicted molar refractivity (Wildman–Crippen MR) is 139 cm³/mol. The van der Waals surface area contributed by atoms with Gasteiger partial charge in [0, 0.05) is 44.2 Å². The molecular weight excluding hydrogens is 480 g/mol. The van der Waals surface area contributed by atoms with Gasteiger partial charge in [-0.25, -0.2) is 8.42 Å². The first-order chi connectivity index (χ1) is 17.0. The van der Waals surface area contributed by atoms with E-state index < -0.39 is 21.8 Å². The number of nitrogens with zero attached hydrogens (tertiary/aromatic N) is 1. The summed E-state index contributed by atoms with van der Waals surface area (Å²) < 4.78 is 35.3. The lowest BCUT2D eigenvalue weighted by Gasteiger charge is -2.36. The highest BCUT2D eigenvalue weighted by Crippen LogP contribution is 2.33. The first-order valence-electron chi connectivity index (χ1n) is 12.2. The summed E-state index contributed by atoms with van der Waals surface area (Å²) in [6, 6.07) is 10.0. The summed E-state index contributed by atoms with van der Waals surface area (Å²) in [6.07, 6.45) is 0.913. The van der Waals surface area contributed by atoms with Crippen molar-refractivity contribution in [3.8, 4) is 11.5 Å². The van der Waals surface area contributed by atoms with Crippen LogP contribution in [0.2, 0.25) is 0 Å². The Balaban J connectivity index is 1.99. The zero-order valence-electron chi connectivity index (χ0n) is 21.3. The third-order valence-electron chi connectivity index (χ3n) is 6.40. The van der Waals surface area contributed by atoms with Crippen LogP contribution in [-0.4, -0.2) is 56.8 Å². The van der Waals surface area contributed by atoms with Crippen LogP contribution in [0.4, 0.5) is 0 Å². The largest absolute Gasteiger partial charge is 0.456 e. The van der Waals surface area contributed by atoms with Crippen LogP contribution in [0, 0.1) is 19.8 Å². The van der Waals surface area contributed by atoms with Crippen molar-refractivity contribution in [2.75, 3.05) is 26.2 Å². The molecule has 196 valence electrons. The third kappa shape index (κ3) is 6.83. The average Bonchev–Trinajstić information content (AvgIpc) is 2.82. The van der Waals surface area contributed by atoms with Gasteiger partial charge in [-0.15, -0.1) is 0 Å². The number of hydrogen-bond acceptors (Lipinski definition) is 6. The van der Waals surface area contributed by atoms with Crippen LogP contribution in [0.5, 0.6) is 11.5 Å². The molecule has 2 aromatic carbocycles. The Labute approximate surface area is 213 Å². The highest BCUT2D eigenvalue weighted by Gasteiger charge is 2.34. The van der Waals surface area contributed by atoms with Crippen LogP contribution in [-0.2, 0) is 14.8 Å². The lowest BCUT2D eigenvalue weighted by atomic mass is 9.98. The van der Waals surface area contributed by atoms with E-state index in [9.17, 15) is 18.0 Å². The van der Waals surface area contributed by atoms with Crippen molar-refractivity contribution in [2.24, 2.45) is 11.7 Å². The maximum absolute atomic E-state index is 13.9. The molecule has 2 amide bonds. The van der Waals surface area contributed by atoms with E-state index in [1.165, 1.54) is 22.5 Å². The van der Waals surface area contributed by atoms with Crippen molar-refractivity contribution in [3.05, 3.63) is 53.1 Å². The number of carbonyl (C=O) groups excluding carboxylic acids is 2. The first kappa shape index (κ1) is 27.6. The summed E-state index contributed by atoms with van der Waals surface area (Å²) in [5, 5.41) is 6.02. The standard InChI is InChI=1S/C26H36N4O5S/c1-5-19(4)22-16-30(11-10-28-22)36(33,34)24-15-20(26(32)29-9-8-25(27)31)6-7-23(24)35-21-13-17(2)12-18(3)14-21/h6-7,12-15,19,22,28H,5,8-11,16H2,1-4H3,(H2,27,31)(H,29,32)/t19-,22?/m0/s1. The number of piperazine rings is 1. The van der Waals surface area contributed by atoms with Gasteiger partial charge in [0.15, 0.2) is 0 Å². The number of primary amides is 1. The molecule has 1 unspecified atom stereocenters. The number of carbonyl (C=O) groups is 2. The number of rotatable bonds is 10. The van der Waals surface area contributed by atoms with Gasteiger partial charge in [-0.2, -0.15) is 4.31 Å². The van der Waals surface area contributed by atoms with Gasteiger partial charge in [0.05, 0.1) is 0 Å². The van der Waals surface area contributed by atoms with E-state index >= 15 is 0 Å². The van der Waals surface area contributed by atoms with Gasteiger partial charge < -0.3 is 21.1 Å². The number of nitrogens with two attached hydrogens (primary N) is 1. The molecule has 4 N–H and O–H groups in total. The minimum absolute atomic E-state index is 0.0113. The van der Waals surface area contributed by atoms with E-state index in [1.807, 2.05) is 32.0 Å². The number of amides is 2. The Hall–Kier alpha value is -2.95. The zero-order valence-corrected chi connectivity index (χ0v) is 22.2. The molecule has 0 radical (unpaired) electrons. The van der Waals surface area contributed by atoms with E-state index in [2.05, 4.69) is 24.5 Å². The highest BCUT2D eigenvalue weighted by atomic mass is 32.2. The zero-order chi connectivity index (χ0) is 26.5. The normalized spacial score (nSPS) is 17.4. The van der Waals surface area contributed by atoms with Crippen LogP contribution in [0.1, 0.15) is 48.2 Å². The van der Waals surface area contributed by atoms with Gasteiger partial charge >= 0.3 is 0 Å². The molecule has 0 spiro atoms. The molecule has 36 heavy (non-hydrogen) atoms. The van der Waals surface area contributed by atoms with Crippen LogP contribution in [0.3, 0.4) is 0 Å². The molecule has 0 saturated carbocycles. The molecule has 1 aliphatic rings. The Morgan fingerprint density at radius 3 is 2.53 bits per heavy atom. The lowest BCUT2D eigenvalue weighted by molar-refractivity contribution is -0.117. The summed E-state index contributed by atoms with van der Waals surface area (Å²) in [5.74, 6) is -0.0714. The van der Waals surface area contributed by atoms with E-state index in [0.717, 1.165) is 17.5 Å². The second-order valence-electron chi connectivity index (χ2n) is 9.37. The van der Waals surface area contributed by atoms with Gasteiger partial charge in [0.2, 0.25) is 15.9 Å². The SMILES string of the molecule is CC[C@H](C)C1CN(S(=O)(=O)c2cc(C(=O)NCCC(N)=O)ccc2Oc2cc(C)cc(C)c2)CCN1. The van der Waals surface area contributed by atoms with E-state index in [-0.39, 0.29) is 35.2 Å². The second-order valence-corrected chi connectivity index (χ2v) is 11.3. The minimum Gasteiger partial charge on any atom is -0.456 e. The molecule has 1 aliphatic heterocycles. The smallest absolute Gasteiger partial charge is 0.251 e. The summed E-state index contributed by atoms with van der Waals surface area (Å²) in [4.78, 5) is 23.6. The van der Waals surface area contributed by atoms with Gasteiger partial charge in [0.1, 0.15) is 16.4 Å². The fraction of sp³-hybridized carbons (Fsp3) is 0.462. The maximum Gasteiger partial charge on any atom is 0.251 e. The lowest BCUT2D eigenvalue weighted by Crippen LogP contribution is -2.54. The van der Waals surface area contributed by atoms with Crippen molar-refractivity contribution in [2.45, 2.75) is 51.5 Å². The van der Waals surface area contributed by atoms with Gasteiger partial charge in [-0.3, -0.25) is 9.59 Å². The van der Waals surface area contributed by atoms with Crippen molar-refractivity contribution >= 4 is 21.8 Å². The highest BCUT2D eigenvalue weighted by molar-refractivity contribution is 7.89. The molecule has 3 rings (SSSR count). The van der Waals surface area contributed by atoms with Crippen LogP contribution in [0.25, 0.3) is 0 Å². The average molecular weight is 517 g/mol. The molecule has 1 fully saturated rings. The fourth-order valence-electron chi connectivity index (χ4n) is 4.23. The summed E-state index contributed by atoms with van der Waals surface area (Å²) >= 11 is 0. The monoisotopic (exact) mass is 516 g/mol. The summed E-state index contributed by atoms with van der Waals surface area (Å²) in [6.45, 7) is 9.29. The molecule has 9 nitrogen and oxygen atoms in total.